The minimum atomic E-state index is -0.683. The van der Waals surface area contributed by atoms with E-state index in [2.05, 4.69) is 4.98 Å². The van der Waals surface area contributed by atoms with Gasteiger partial charge < -0.3 is 14.6 Å². The van der Waals surface area contributed by atoms with Crippen molar-refractivity contribution < 1.29 is 14.6 Å². The van der Waals surface area contributed by atoms with Crippen molar-refractivity contribution in [2.24, 2.45) is 12.0 Å². The zero-order chi connectivity index (χ0) is 20.8. The molecule has 1 aromatic heterocycles. The van der Waals surface area contributed by atoms with Gasteiger partial charge in [-0.1, -0.05) is 18.2 Å². The molecule has 8 nitrogen and oxygen atoms in total. The van der Waals surface area contributed by atoms with Crippen LogP contribution in [0.15, 0.2) is 61.9 Å². The Morgan fingerprint density at radius 2 is 1.97 bits per heavy atom. The van der Waals surface area contributed by atoms with Crippen molar-refractivity contribution >= 4 is 23.2 Å². The van der Waals surface area contributed by atoms with E-state index in [0.29, 0.717) is 29.3 Å². The second-order valence-corrected chi connectivity index (χ2v) is 8.21. The van der Waals surface area contributed by atoms with Gasteiger partial charge in [-0.15, -0.1) is 11.8 Å². The van der Waals surface area contributed by atoms with Gasteiger partial charge in [0.1, 0.15) is 5.56 Å². The smallest absolute Gasteiger partial charge is 0.330 e. The maximum Gasteiger partial charge on any atom is 0.330 e. The van der Waals surface area contributed by atoms with Crippen LogP contribution in [0.3, 0.4) is 0 Å². The van der Waals surface area contributed by atoms with E-state index < -0.39 is 17.1 Å². The number of aromatic amines is 1. The number of benzene rings is 2. The Balaban J connectivity index is 1.66. The second kappa shape index (κ2) is 7.10. The average Bonchev–Trinajstić information content (AvgIpc) is 3.12. The van der Waals surface area contributed by atoms with E-state index in [1.54, 1.807) is 11.8 Å². The number of aromatic nitrogens is 2. The molecule has 0 aliphatic carbocycles. The number of para-hydroxylation sites is 1. The first-order valence-corrected chi connectivity index (χ1v) is 10.1. The molecule has 3 heterocycles. The van der Waals surface area contributed by atoms with Gasteiger partial charge in [-0.3, -0.25) is 19.3 Å². The topological polar surface area (TPSA) is 106 Å². The number of aromatic hydroxyl groups is 1. The monoisotopic (exact) mass is 423 g/mol. The van der Waals surface area contributed by atoms with Crippen LogP contribution in [0.2, 0.25) is 0 Å². The molecule has 1 atom stereocenters. The van der Waals surface area contributed by atoms with Crippen LogP contribution < -0.4 is 20.7 Å². The molecule has 152 valence electrons. The Labute approximate surface area is 174 Å². The van der Waals surface area contributed by atoms with Gasteiger partial charge >= 0.3 is 5.69 Å². The zero-order valence-electron chi connectivity index (χ0n) is 15.9. The van der Waals surface area contributed by atoms with Crippen LogP contribution in [0.1, 0.15) is 22.8 Å². The number of thioether (sulfide) groups is 1. The highest BCUT2D eigenvalue weighted by molar-refractivity contribution is 7.99. The van der Waals surface area contributed by atoms with E-state index in [-0.39, 0.29) is 17.6 Å². The maximum atomic E-state index is 12.6. The fourth-order valence-electron chi connectivity index (χ4n) is 3.54. The summed E-state index contributed by atoms with van der Waals surface area (Å²) in [7, 11) is 1.40. The quantitative estimate of drug-likeness (QED) is 0.657. The molecule has 30 heavy (non-hydrogen) atoms. The third-order valence-corrected chi connectivity index (χ3v) is 6.44. The second-order valence-electron chi connectivity index (χ2n) is 6.97. The van der Waals surface area contributed by atoms with Gasteiger partial charge in [0.15, 0.2) is 11.5 Å². The summed E-state index contributed by atoms with van der Waals surface area (Å²) in [5.41, 5.74) is 0.744. The normalized spacial score (nSPS) is 17.2. The maximum absolute atomic E-state index is 12.6. The van der Waals surface area contributed by atoms with Crippen LogP contribution in [-0.4, -0.2) is 27.2 Å². The molecule has 2 aromatic carbocycles. The Morgan fingerprint density at radius 1 is 1.17 bits per heavy atom. The van der Waals surface area contributed by atoms with Crippen molar-refractivity contribution in [3.8, 4) is 17.4 Å². The SMILES string of the molecule is Cn1c(O)c(C2=Nc3ccccc3S[C@H](c3ccc4c(c3)OCO4)C2)c(=O)[nH]c1=O. The highest BCUT2D eigenvalue weighted by atomic mass is 32.2. The molecule has 0 saturated heterocycles. The van der Waals surface area contributed by atoms with Crippen LogP contribution >= 0.6 is 11.8 Å². The summed E-state index contributed by atoms with van der Waals surface area (Å²) in [4.78, 5) is 32.3. The van der Waals surface area contributed by atoms with Crippen molar-refractivity contribution in [1.82, 2.24) is 9.55 Å². The van der Waals surface area contributed by atoms with Crippen LogP contribution in [0.25, 0.3) is 0 Å². The third-order valence-electron chi connectivity index (χ3n) is 5.12. The van der Waals surface area contributed by atoms with Crippen LogP contribution in [0.5, 0.6) is 17.4 Å². The summed E-state index contributed by atoms with van der Waals surface area (Å²) >= 11 is 1.62. The van der Waals surface area contributed by atoms with Crippen molar-refractivity contribution in [2.45, 2.75) is 16.6 Å². The van der Waals surface area contributed by atoms with Gasteiger partial charge in [0, 0.05) is 23.6 Å². The molecule has 0 amide bonds. The molecule has 0 bridgehead atoms. The molecular formula is C21H17N3O5S. The predicted molar refractivity (Wildman–Crippen MR) is 112 cm³/mol. The minimum Gasteiger partial charge on any atom is -0.494 e. The van der Waals surface area contributed by atoms with Gasteiger partial charge in [-0.25, -0.2) is 4.79 Å². The van der Waals surface area contributed by atoms with E-state index in [9.17, 15) is 14.7 Å². The number of aliphatic imine (C=N–C) groups is 1. The fourth-order valence-corrected chi connectivity index (χ4v) is 4.76. The molecular weight excluding hydrogens is 406 g/mol. The van der Waals surface area contributed by atoms with E-state index in [1.165, 1.54) is 7.05 Å². The molecule has 0 radical (unpaired) electrons. The number of fused-ring (bicyclic) bond motifs is 2. The first-order chi connectivity index (χ1) is 14.5. The summed E-state index contributed by atoms with van der Waals surface area (Å²) < 4.78 is 11.9. The van der Waals surface area contributed by atoms with Gasteiger partial charge in [-0.05, 0) is 29.8 Å². The number of nitrogens with one attached hydrogen (secondary N) is 1. The first kappa shape index (κ1) is 18.6. The van der Waals surface area contributed by atoms with E-state index in [1.807, 2.05) is 42.5 Å². The number of rotatable bonds is 2. The van der Waals surface area contributed by atoms with Crippen molar-refractivity contribution in [2.75, 3.05) is 6.79 Å². The van der Waals surface area contributed by atoms with Crippen molar-refractivity contribution in [3.05, 3.63) is 74.4 Å². The van der Waals surface area contributed by atoms with Crippen molar-refractivity contribution in [3.63, 3.8) is 0 Å². The molecule has 0 saturated carbocycles. The highest BCUT2D eigenvalue weighted by Crippen LogP contribution is 2.47. The summed E-state index contributed by atoms with van der Waals surface area (Å²) in [5, 5.41) is 10.5. The third kappa shape index (κ3) is 3.07. The molecule has 0 unspecified atom stereocenters. The van der Waals surface area contributed by atoms with Gasteiger partial charge in [0.2, 0.25) is 12.7 Å². The van der Waals surface area contributed by atoms with Gasteiger partial charge in [0.05, 0.1) is 11.4 Å². The predicted octanol–water partition coefficient (Wildman–Crippen LogP) is 2.87. The summed E-state index contributed by atoms with van der Waals surface area (Å²) in [6.07, 6.45) is 0.369. The molecule has 5 rings (SSSR count). The Hall–Kier alpha value is -3.46. The van der Waals surface area contributed by atoms with Gasteiger partial charge in [-0.2, -0.15) is 0 Å². The number of ether oxygens (including phenoxy) is 2. The van der Waals surface area contributed by atoms with Crippen molar-refractivity contribution in [1.29, 1.82) is 0 Å². The van der Waals surface area contributed by atoms with E-state index >= 15 is 0 Å². The molecule has 2 aliphatic heterocycles. The Morgan fingerprint density at radius 3 is 2.83 bits per heavy atom. The number of H-pyrrole nitrogens is 1. The number of hydrogen-bond donors (Lipinski definition) is 2. The summed E-state index contributed by atoms with van der Waals surface area (Å²) in [6, 6.07) is 13.4. The standard InChI is InChI=1S/C21H17N3O5S/c1-24-20(26)18(19(25)23-21(24)27)13-9-17(30-16-5-3-2-4-12(16)22-13)11-6-7-14-15(8-11)29-10-28-14/h2-8,17,26H,9-10H2,1H3,(H,23,25,27)/t17-/m0/s1. The van der Waals surface area contributed by atoms with E-state index in [4.69, 9.17) is 14.5 Å². The fraction of sp³-hybridized carbons (Fsp3) is 0.190. The first-order valence-electron chi connectivity index (χ1n) is 9.26. The summed E-state index contributed by atoms with van der Waals surface area (Å²) in [5.74, 6) is 0.960. The molecule has 0 fully saturated rings. The summed E-state index contributed by atoms with van der Waals surface area (Å²) in [6.45, 7) is 0.188. The largest absolute Gasteiger partial charge is 0.494 e. The average molecular weight is 423 g/mol. The van der Waals surface area contributed by atoms with Crippen LogP contribution in [0, 0.1) is 0 Å². The van der Waals surface area contributed by atoms with Gasteiger partial charge in [0.25, 0.3) is 5.56 Å². The molecule has 9 heteroatoms. The van der Waals surface area contributed by atoms with E-state index in [0.717, 1.165) is 15.0 Å². The molecule has 2 N–H and O–H groups in total. The number of nitrogens with zero attached hydrogens (tertiary/aromatic N) is 2. The lowest BCUT2D eigenvalue weighted by atomic mass is 10.0. The molecule has 3 aromatic rings. The lowest BCUT2D eigenvalue weighted by Crippen LogP contribution is -2.32. The number of hydrogen-bond acceptors (Lipinski definition) is 7. The Kier molecular flexibility index (Phi) is 4.39. The highest BCUT2D eigenvalue weighted by Gasteiger charge is 2.28. The molecule has 0 spiro atoms. The Bertz CT molecular complexity index is 1310. The lowest BCUT2D eigenvalue weighted by Gasteiger charge is -2.17. The lowest BCUT2D eigenvalue weighted by molar-refractivity contribution is 0.174. The zero-order valence-corrected chi connectivity index (χ0v) is 16.7. The van der Waals surface area contributed by atoms with Crippen LogP contribution in [0.4, 0.5) is 5.69 Å². The minimum absolute atomic E-state index is 0.000136. The van der Waals surface area contributed by atoms with Crippen LogP contribution in [-0.2, 0) is 7.05 Å². The molecule has 2 aliphatic rings.